The number of H-pyrrole nitrogens is 1. The van der Waals surface area contributed by atoms with Crippen molar-refractivity contribution in [3.8, 4) is 11.3 Å². The lowest BCUT2D eigenvalue weighted by Gasteiger charge is -2.15. The Labute approximate surface area is 212 Å². The van der Waals surface area contributed by atoms with E-state index in [1.807, 2.05) is 25.1 Å². The fourth-order valence-corrected chi connectivity index (χ4v) is 4.22. The smallest absolute Gasteiger partial charge is 0.305 e. The zero-order valence-electron chi connectivity index (χ0n) is 21.1. The summed E-state index contributed by atoms with van der Waals surface area (Å²) >= 11 is 0. The van der Waals surface area contributed by atoms with Crippen LogP contribution in [0.1, 0.15) is 57.6 Å². The van der Waals surface area contributed by atoms with Gasteiger partial charge in [0, 0.05) is 30.4 Å². The summed E-state index contributed by atoms with van der Waals surface area (Å²) in [5.74, 6) is 0.728. The molecule has 1 atom stereocenters. The van der Waals surface area contributed by atoms with Crippen LogP contribution in [0, 0.1) is 0 Å². The summed E-state index contributed by atoms with van der Waals surface area (Å²) in [6, 6.07) is 21.0. The Hall–Kier alpha value is -3.87. The molecule has 36 heavy (non-hydrogen) atoms. The molecule has 2 aromatic carbocycles. The van der Waals surface area contributed by atoms with E-state index in [9.17, 15) is 4.79 Å². The van der Waals surface area contributed by atoms with Crippen LogP contribution in [0.3, 0.4) is 0 Å². The molecule has 0 bridgehead atoms. The lowest BCUT2D eigenvalue weighted by molar-refractivity contribution is -0.143. The molecule has 0 spiro atoms. The van der Waals surface area contributed by atoms with Crippen LogP contribution in [-0.4, -0.2) is 34.1 Å². The summed E-state index contributed by atoms with van der Waals surface area (Å²) in [5.41, 5.74) is 5.22. The first-order valence-electron chi connectivity index (χ1n) is 12.8. The maximum Gasteiger partial charge on any atom is 0.305 e. The number of fused-ring (bicyclic) bond motifs is 1. The van der Waals surface area contributed by atoms with Gasteiger partial charge >= 0.3 is 5.97 Å². The second-order valence-electron chi connectivity index (χ2n) is 8.92. The number of nitrogens with zero attached hydrogens (tertiary/aromatic N) is 2. The van der Waals surface area contributed by atoms with Crippen molar-refractivity contribution in [3.63, 3.8) is 0 Å². The van der Waals surface area contributed by atoms with Gasteiger partial charge in [0.1, 0.15) is 17.8 Å². The number of ether oxygens (including phenoxy) is 1. The summed E-state index contributed by atoms with van der Waals surface area (Å²) < 4.78 is 4.96. The first kappa shape index (κ1) is 25.2. The van der Waals surface area contributed by atoms with Gasteiger partial charge in [-0.15, -0.1) is 0 Å². The first-order valence-corrected chi connectivity index (χ1v) is 12.8. The lowest BCUT2D eigenvalue weighted by Crippen LogP contribution is -2.08. The summed E-state index contributed by atoms with van der Waals surface area (Å²) in [7, 11) is 0. The number of aromatic nitrogens is 3. The van der Waals surface area contributed by atoms with E-state index in [0.29, 0.717) is 13.0 Å². The van der Waals surface area contributed by atoms with Crippen molar-refractivity contribution in [1.82, 2.24) is 15.0 Å². The van der Waals surface area contributed by atoms with Crippen LogP contribution in [0.5, 0.6) is 0 Å². The average molecular weight is 486 g/mol. The first-order chi connectivity index (χ1) is 17.6. The molecule has 0 saturated carbocycles. The molecular formula is C29H35N5O2. The number of rotatable bonds is 13. The van der Waals surface area contributed by atoms with Gasteiger partial charge in [-0.3, -0.25) is 4.79 Å². The molecule has 188 valence electrons. The number of anilines is 2. The third kappa shape index (κ3) is 6.84. The van der Waals surface area contributed by atoms with Crippen molar-refractivity contribution in [3.05, 3.63) is 72.6 Å². The fraction of sp³-hybridized carbons (Fsp3) is 0.345. The van der Waals surface area contributed by atoms with Crippen molar-refractivity contribution in [1.29, 1.82) is 0 Å². The van der Waals surface area contributed by atoms with Crippen molar-refractivity contribution < 1.29 is 9.53 Å². The topological polar surface area (TPSA) is 91.9 Å². The minimum absolute atomic E-state index is 0.0908. The van der Waals surface area contributed by atoms with E-state index >= 15 is 0 Å². The molecule has 0 aliphatic heterocycles. The highest BCUT2D eigenvalue weighted by atomic mass is 16.5. The number of hydrogen-bond acceptors (Lipinski definition) is 6. The van der Waals surface area contributed by atoms with E-state index in [0.717, 1.165) is 66.0 Å². The van der Waals surface area contributed by atoms with Gasteiger partial charge in [0.25, 0.3) is 0 Å². The lowest BCUT2D eigenvalue weighted by atomic mass is 10.1. The summed E-state index contributed by atoms with van der Waals surface area (Å²) in [6.45, 7) is 5.34. The van der Waals surface area contributed by atoms with Crippen molar-refractivity contribution >= 4 is 28.5 Å². The molecule has 7 heteroatoms. The summed E-state index contributed by atoms with van der Waals surface area (Å²) in [4.78, 5) is 23.7. The van der Waals surface area contributed by atoms with Gasteiger partial charge in [0.05, 0.1) is 12.0 Å². The molecule has 0 aliphatic carbocycles. The number of hydrogen-bond donors (Lipinski definition) is 3. The van der Waals surface area contributed by atoms with Gasteiger partial charge in [-0.05, 0) is 56.0 Å². The Bertz CT molecular complexity index is 1240. The highest BCUT2D eigenvalue weighted by Gasteiger charge is 2.12. The number of nitrogens with one attached hydrogen (secondary N) is 3. The van der Waals surface area contributed by atoms with E-state index in [2.05, 4.69) is 75.0 Å². The normalized spacial score (nSPS) is 11.8. The van der Waals surface area contributed by atoms with Crippen LogP contribution < -0.4 is 10.6 Å². The maximum absolute atomic E-state index is 11.4. The van der Waals surface area contributed by atoms with Crippen molar-refractivity contribution in [2.75, 3.05) is 23.8 Å². The highest BCUT2D eigenvalue weighted by molar-refractivity contribution is 5.91. The van der Waals surface area contributed by atoms with Crippen LogP contribution in [0.15, 0.2) is 67.0 Å². The zero-order chi connectivity index (χ0) is 25.2. The van der Waals surface area contributed by atoms with E-state index in [-0.39, 0.29) is 12.0 Å². The number of carbonyl (C=O) groups is 1. The van der Waals surface area contributed by atoms with Crippen LogP contribution in [0.2, 0.25) is 0 Å². The number of carbonyl (C=O) groups excluding carboxylic acids is 1. The predicted octanol–water partition coefficient (Wildman–Crippen LogP) is 6.72. The molecule has 4 rings (SSSR count). The molecule has 7 nitrogen and oxygen atoms in total. The van der Waals surface area contributed by atoms with E-state index in [4.69, 9.17) is 4.74 Å². The Balaban J connectivity index is 1.30. The minimum Gasteiger partial charge on any atom is -0.466 e. The quantitative estimate of drug-likeness (QED) is 0.144. The standard InChI is InChI=1S/C29H35N5O2/c1-3-36-27(35)13-9-4-5-10-18-30-24-16-14-23(15-17-24)26-19-25-28(31-20-32-29(25)34-26)33-21(2)22-11-7-6-8-12-22/h6-8,11-12,14-17,19-21,30H,3-5,9-10,13,18H2,1-2H3,(H2,31,32,33,34)/t21-/m1/s1. The molecule has 2 aromatic heterocycles. The van der Waals surface area contributed by atoms with Gasteiger partial charge in [0.2, 0.25) is 0 Å². The monoisotopic (exact) mass is 485 g/mol. The molecule has 0 unspecified atom stereocenters. The zero-order valence-corrected chi connectivity index (χ0v) is 21.1. The Kier molecular flexibility index (Phi) is 8.92. The molecule has 0 fully saturated rings. The molecule has 0 saturated heterocycles. The van der Waals surface area contributed by atoms with Gasteiger partial charge in [-0.25, -0.2) is 9.97 Å². The molecule has 0 aliphatic rings. The maximum atomic E-state index is 11.4. The van der Waals surface area contributed by atoms with Crippen LogP contribution >= 0.6 is 0 Å². The fourth-order valence-electron chi connectivity index (χ4n) is 4.22. The minimum atomic E-state index is -0.0908. The average Bonchev–Trinajstić information content (AvgIpc) is 3.35. The number of aromatic amines is 1. The molecule has 0 radical (unpaired) electrons. The second-order valence-corrected chi connectivity index (χ2v) is 8.92. The van der Waals surface area contributed by atoms with Crippen LogP contribution in [0.4, 0.5) is 11.5 Å². The Morgan fingerprint density at radius 3 is 2.56 bits per heavy atom. The summed E-state index contributed by atoms with van der Waals surface area (Å²) in [6.07, 6.45) is 6.22. The largest absolute Gasteiger partial charge is 0.466 e. The van der Waals surface area contributed by atoms with Gasteiger partial charge < -0.3 is 20.4 Å². The van der Waals surface area contributed by atoms with Crippen molar-refractivity contribution in [2.45, 2.75) is 52.0 Å². The molecule has 3 N–H and O–H groups in total. The molecule has 2 heterocycles. The van der Waals surface area contributed by atoms with E-state index in [1.165, 1.54) is 5.56 Å². The van der Waals surface area contributed by atoms with Gasteiger partial charge in [0.15, 0.2) is 0 Å². The third-order valence-electron chi connectivity index (χ3n) is 6.22. The second kappa shape index (κ2) is 12.7. The molecular weight excluding hydrogens is 450 g/mol. The van der Waals surface area contributed by atoms with Crippen LogP contribution in [0.25, 0.3) is 22.3 Å². The summed E-state index contributed by atoms with van der Waals surface area (Å²) in [5, 5.41) is 7.98. The van der Waals surface area contributed by atoms with Crippen LogP contribution in [-0.2, 0) is 9.53 Å². The predicted molar refractivity (Wildman–Crippen MR) is 146 cm³/mol. The SMILES string of the molecule is CCOC(=O)CCCCCCNc1ccc(-c2cc3c(N[C@H](C)c4ccccc4)ncnc3[nH]2)cc1. The Morgan fingerprint density at radius 2 is 1.78 bits per heavy atom. The Morgan fingerprint density at radius 1 is 1.00 bits per heavy atom. The number of esters is 1. The van der Waals surface area contributed by atoms with E-state index < -0.39 is 0 Å². The number of unbranched alkanes of at least 4 members (excludes halogenated alkanes) is 3. The van der Waals surface area contributed by atoms with E-state index in [1.54, 1.807) is 6.33 Å². The molecule has 0 amide bonds. The molecule has 4 aromatic rings. The third-order valence-corrected chi connectivity index (χ3v) is 6.22. The number of benzene rings is 2. The van der Waals surface area contributed by atoms with Gasteiger partial charge in [-0.2, -0.15) is 0 Å². The van der Waals surface area contributed by atoms with Gasteiger partial charge in [-0.1, -0.05) is 55.3 Å². The van der Waals surface area contributed by atoms with Crippen molar-refractivity contribution in [2.24, 2.45) is 0 Å². The highest BCUT2D eigenvalue weighted by Crippen LogP contribution is 2.29.